The van der Waals surface area contributed by atoms with Gasteiger partial charge in [0.15, 0.2) is 0 Å². The van der Waals surface area contributed by atoms with Crippen LogP contribution in [-0.4, -0.2) is 4.21 Å². The second-order valence-corrected chi connectivity index (χ2v) is 4.38. The molecule has 2 nitrogen and oxygen atoms in total. The minimum atomic E-state index is -1.17. The maximum Gasteiger partial charge on any atom is 0.145 e. The Morgan fingerprint density at radius 3 is 2.38 bits per heavy atom. The summed E-state index contributed by atoms with van der Waals surface area (Å²) in [6.45, 7) is 7.35. The minimum Gasteiger partial charge on any atom is -0.301 e. The quantitative estimate of drug-likeness (QED) is 0.789. The van der Waals surface area contributed by atoms with Crippen molar-refractivity contribution < 1.29 is 4.21 Å². The standard InChI is InChI=1S/C10H13NOS/c1-8(2)13(12)11-10-6-4-9(3)5-7-10/h4-7,11H,1H2,2-3H3. The predicted molar refractivity (Wildman–Crippen MR) is 57.8 cm³/mol. The molecule has 1 N–H and O–H groups in total. The molecule has 0 fully saturated rings. The SMILES string of the molecule is C=C(C)S(=O)Nc1ccc(C)cc1. The van der Waals surface area contributed by atoms with Crippen molar-refractivity contribution in [1.29, 1.82) is 0 Å². The van der Waals surface area contributed by atoms with E-state index < -0.39 is 11.0 Å². The van der Waals surface area contributed by atoms with E-state index in [1.807, 2.05) is 31.2 Å². The molecule has 0 saturated carbocycles. The Labute approximate surface area is 81.3 Å². The van der Waals surface area contributed by atoms with Crippen molar-refractivity contribution in [2.24, 2.45) is 0 Å². The van der Waals surface area contributed by atoms with Crippen LogP contribution in [-0.2, 0) is 11.0 Å². The largest absolute Gasteiger partial charge is 0.301 e. The third kappa shape index (κ3) is 3.03. The number of rotatable bonds is 3. The molecule has 13 heavy (non-hydrogen) atoms. The number of anilines is 1. The topological polar surface area (TPSA) is 29.1 Å². The van der Waals surface area contributed by atoms with E-state index in [1.165, 1.54) is 5.56 Å². The fraction of sp³-hybridized carbons (Fsp3) is 0.200. The van der Waals surface area contributed by atoms with Crippen LogP contribution in [0.5, 0.6) is 0 Å². The van der Waals surface area contributed by atoms with Gasteiger partial charge in [0.05, 0.1) is 0 Å². The van der Waals surface area contributed by atoms with Crippen molar-refractivity contribution in [3.05, 3.63) is 41.3 Å². The Balaban J connectivity index is 2.70. The summed E-state index contributed by atoms with van der Waals surface area (Å²) in [5.41, 5.74) is 2.04. The van der Waals surface area contributed by atoms with Gasteiger partial charge in [-0.25, -0.2) is 4.21 Å². The molecule has 0 radical (unpaired) electrons. The number of hydrogen-bond acceptors (Lipinski definition) is 1. The Morgan fingerprint density at radius 2 is 1.92 bits per heavy atom. The fourth-order valence-corrected chi connectivity index (χ4v) is 1.34. The van der Waals surface area contributed by atoms with E-state index in [0.29, 0.717) is 4.91 Å². The van der Waals surface area contributed by atoms with E-state index in [1.54, 1.807) is 6.92 Å². The second-order valence-electron chi connectivity index (χ2n) is 2.94. The molecule has 1 atom stereocenters. The maximum atomic E-state index is 11.3. The number of hydrogen-bond donors (Lipinski definition) is 1. The van der Waals surface area contributed by atoms with E-state index in [2.05, 4.69) is 11.3 Å². The second kappa shape index (κ2) is 4.23. The number of aryl methyl sites for hydroxylation is 1. The van der Waals surface area contributed by atoms with Crippen LogP contribution in [0.25, 0.3) is 0 Å². The smallest absolute Gasteiger partial charge is 0.145 e. The molecule has 3 heteroatoms. The summed E-state index contributed by atoms with van der Waals surface area (Å²) < 4.78 is 14.1. The first-order valence-electron chi connectivity index (χ1n) is 4.00. The third-order valence-electron chi connectivity index (χ3n) is 1.58. The molecule has 0 aromatic heterocycles. The molecule has 0 heterocycles. The van der Waals surface area contributed by atoms with Gasteiger partial charge >= 0.3 is 0 Å². The molecule has 70 valence electrons. The third-order valence-corrected chi connectivity index (χ3v) is 2.63. The van der Waals surface area contributed by atoms with Crippen LogP contribution in [0.15, 0.2) is 35.7 Å². The Morgan fingerprint density at radius 1 is 1.38 bits per heavy atom. The molecule has 1 aromatic carbocycles. The van der Waals surface area contributed by atoms with Crippen molar-refractivity contribution in [1.82, 2.24) is 0 Å². The van der Waals surface area contributed by atoms with E-state index in [4.69, 9.17) is 0 Å². The van der Waals surface area contributed by atoms with Crippen molar-refractivity contribution in [2.45, 2.75) is 13.8 Å². The van der Waals surface area contributed by atoms with Crippen molar-refractivity contribution in [3.63, 3.8) is 0 Å². The van der Waals surface area contributed by atoms with Gasteiger partial charge in [-0.2, -0.15) is 0 Å². The van der Waals surface area contributed by atoms with Gasteiger partial charge in [-0.05, 0) is 26.0 Å². The van der Waals surface area contributed by atoms with Crippen LogP contribution in [0.4, 0.5) is 5.69 Å². The van der Waals surface area contributed by atoms with Gasteiger partial charge in [-0.1, -0.05) is 24.3 Å². The predicted octanol–water partition coefficient (Wildman–Crippen LogP) is 2.60. The summed E-state index contributed by atoms with van der Waals surface area (Å²) in [6.07, 6.45) is 0. The zero-order chi connectivity index (χ0) is 9.84. The number of benzene rings is 1. The summed E-state index contributed by atoms with van der Waals surface area (Å²) in [5, 5.41) is 0. The number of allylic oxidation sites excluding steroid dienone is 1. The molecule has 0 aliphatic heterocycles. The molecule has 1 aromatic rings. The van der Waals surface area contributed by atoms with Crippen molar-refractivity contribution in [2.75, 3.05) is 4.72 Å². The van der Waals surface area contributed by atoms with E-state index >= 15 is 0 Å². The molecule has 0 aliphatic carbocycles. The molecule has 0 bridgehead atoms. The van der Waals surface area contributed by atoms with Gasteiger partial charge in [-0.3, -0.25) is 0 Å². The van der Waals surface area contributed by atoms with Gasteiger partial charge in [0.25, 0.3) is 0 Å². The molecule has 0 amide bonds. The van der Waals surface area contributed by atoms with Gasteiger partial charge < -0.3 is 4.72 Å². The Kier molecular flexibility index (Phi) is 3.25. The maximum absolute atomic E-state index is 11.3. The molecular formula is C10H13NOS. The van der Waals surface area contributed by atoms with Crippen LogP contribution in [0, 0.1) is 6.92 Å². The molecule has 0 aliphatic rings. The van der Waals surface area contributed by atoms with Gasteiger partial charge in [-0.15, -0.1) is 0 Å². The van der Waals surface area contributed by atoms with Crippen LogP contribution < -0.4 is 4.72 Å². The van der Waals surface area contributed by atoms with E-state index in [0.717, 1.165) is 5.69 Å². The Bertz CT molecular complexity index is 329. The van der Waals surface area contributed by atoms with Gasteiger partial charge in [0, 0.05) is 10.6 Å². The van der Waals surface area contributed by atoms with Crippen LogP contribution >= 0.6 is 0 Å². The molecular weight excluding hydrogens is 182 g/mol. The first kappa shape index (κ1) is 9.99. The van der Waals surface area contributed by atoms with E-state index in [-0.39, 0.29) is 0 Å². The minimum absolute atomic E-state index is 0.626. The average Bonchev–Trinajstić information content (AvgIpc) is 2.08. The molecule has 1 unspecified atom stereocenters. The molecule has 0 spiro atoms. The summed E-state index contributed by atoms with van der Waals surface area (Å²) in [6, 6.07) is 7.74. The number of nitrogens with one attached hydrogen (secondary N) is 1. The van der Waals surface area contributed by atoms with Gasteiger partial charge in [0.1, 0.15) is 11.0 Å². The highest BCUT2D eigenvalue weighted by atomic mass is 32.2. The van der Waals surface area contributed by atoms with Crippen LogP contribution in [0.2, 0.25) is 0 Å². The lowest BCUT2D eigenvalue weighted by Gasteiger charge is -2.04. The van der Waals surface area contributed by atoms with E-state index in [9.17, 15) is 4.21 Å². The monoisotopic (exact) mass is 195 g/mol. The lowest BCUT2D eigenvalue weighted by atomic mass is 10.2. The highest BCUT2D eigenvalue weighted by Crippen LogP contribution is 2.11. The van der Waals surface area contributed by atoms with Crippen molar-refractivity contribution in [3.8, 4) is 0 Å². The normalized spacial score (nSPS) is 12.2. The molecule has 0 saturated heterocycles. The summed E-state index contributed by atoms with van der Waals surface area (Å²) >= 11 is 0. The first-order valence-corrected chi connectivity index (χ1v) is 5.15. The average molecular weight is 195 g/mol. The zero-order valence-electron chi connectivity index (χ0n) is 7.83. The lowest BCUT2D eigenvalue weighted by Crippen LogP contribution is -2.03. The van der Waals surface area contributed by atoms with Crippen LogP contribution in [0.3, 0.4) is 0 Å². The highest BCUT2D eigenvalue weighted by molar-refractivity contribution is 7.90. The summed E-state index contributed by atoms with van der Waals surface area (Å²) in [7, 11) is -1.17. The molecule has 1 rings (SSSR count). The Hall–Kier alpha value is -1.09. The zero-order valence-corrected chi connectivity index (χ0v) is 8.65. The van der Waals surface area contributed by atoms with Crippen LogP contribution in [0.1, 0.15) is 12.5 Å². The van der Waals surface area contributed by atoms with Gasteiger partial charge in [0.2, 0.25) is 0 Å². The fourth-order valence-electron chi connectivity index (χ4n) is 0.816. The van der Waals surface area contributed by atoms with Crippen molar-refractivity contribution >= 4 is 16.7 Å². The first-order chi connectivity index (χ1) is 6.09. The summed E-state index contributed by atoms with van der Waals surface area (Å²) in [4.78, 5) is 0.626. The highest BCUT2D eigenvalue weighted by Gasteiger charge is 1.98. The lowest BCUT2D eigenvalue weighted by molar-refractivity contribution is 0.690. The summed E-state index contributed by atoms with van der Waals surface area (Å²) in [5.74, 6) is 0.